The van der Waals surface area contributed by atoms with Gasteiger partial charge in [-0.3, -0.25) is 0 Å². The van der Waals surface area contributed by atoms with Gasteiger partial charge in [-0.1, -0.05) is 12.1 Å². The van der Waals surface area contributed by atoms with Crippen LogP contribution < -0.4 is 5.32 Å². The van der Waals surface area contributed by atoms with Crippen LogP contribution in [0.1, 0.15) is 31.9 Å². The standard InChI is InChI=1S/C13H18F3N/c1-12(2,3)17-9-8-10-4-6-11(7-5-10)13(14,15)16/h4-7,17H,8-9H2,1-3H3. The van der Waals surface area contributed by atoms with Crippen molar-refractivity contribution in [3.63, 3.8) is 0 Å². The molecular weight excluding hydrogens is 227 g/mol. The van der Waals surface area contributed by atoms with E-state index in [2.05, 4.69) is 26.1 Å². The highest BCUT2D eigenvalue weighted by Gasteiger charge is 2.29. The average Bonchev–Trinajstić information content (AvgIpc) is 2.15. The number of benzene rings is 1. The zero-order chi connectivity index (χ0) is 13.1. The lowest BCUT2D eigenvalue weighted by Gasteiger charge is -2.20. The Balaban J connectivity index is 2.52. The normalized spacial score (nSPS) is 12.8. The smallest absolute Gasteiger partial charge is 0.312 e. The first-order chi connectivity index (χ1) is 7.68. The summed E-state index contributed by atoms with van der Waals surface area (Å²) >= 11 is 0. The highest BCUT2D eigenvalue weighted by Crippen LogP contribution is 2.29. The van der Waals surface area contributed by atoms with Gasteiger partial charge in [-0.2, -0.15) is 13.2 Å². The summed E-state index contributed by atoms with van der Waals surface area (Å²) in [5, 5.41) is 3.29. The molecule has 0 heterocycles. The number of nitrogens with one attached hydrogen (secondary N) is 1. The Hall–Kier alpha value is -1.03. The van der Waals surface area contributed by atoms with Crippen LogP contribution >= 0.6 is 0 Å². The Morgan fingerprint density at radius 1 is 1.00 bits per heavy atom. The fraction of sp³-hybridized carbons (Fsp3) is 0.538. The van der Waals surface area contributed by atoms with E-state index < -0.39 is 11.7 Å². The summed E-state index contributed by atoms with van der Waals surface area (Å²) in [5.41, 5.74) is 0.353. The van der Waals surface area contributed by atoms with Crippen molar-refractivity contribution in [1.82, 2.24) is 5.32 Å². The molecule has 1 N–H and O–H groups in total. The van der Waals surface area contributed by atoms with E-state index >= 15 is 0 Å². The fourth-order valence-electron chi connectivity index (χ4n) is 1.44. The van der Waals surface area contributed by atoms with Crippen LogP contribution in [0.15, 0.2) is 24.3 Å². The average molecular weight is 245 g/mol. The molecule has 0 aliphatic heterocycles. The van der Waals surface area contributed by atoms with Gasteiger partial charge in [0.05, 0.1) is 5.56 Å². The summed E-state index contributed by atoms with van der Waals surface area (Å²) in [5.74, 6) is 0. The Kier molecular flexibility index (Phi) is 4.20. The highest BCUT2D eigenvalue weighted by molar-refractivity contribution is 5.24. The largest absolute Gasteiger partial charge is 0.416 e. The predicted molar refractivity (Wildman–Crippen MR) is 62.9 cm³/mol. The van der Waals surface area contributed by atoms with Crippen LogP contribution in [0.25, 0.3) is 0 Å². The molecular formula is C13H18F3N. The van der Waals surface area contributed by atoms with Crippen LogP contribution in [0.3, 0.4) is 0 Å². The van der Waals surface area contributed by atoms with Gasteiger partial charge in [0.25, 0.3) is 0 Å². The van der Waals surface area contributed by atoms with Crippen molar-refractivity contribution in [3.05, 3.63) is 35.4 Å². The van der Waals surface area contributed by atoms with Gasteiger partial charge in [-0.25, -0.2) is 0 Å². The highest BCUT2D eigenvalue weighted by atomic mass is 19.4. The quantitative estimate of drug-likeness (QED) is 0.857. The van der Waals surface area contributed by atoms with Crippen molar-refractivity contribution >= 4 is 0 Å². The molecule has 0 saturated heterocycles. The van der Waals surface area contributed by atoms with E-state index in [4.69, 9.17) is 0 Å². The third-order valence-corrected chi connectivity index (χ3v) is 2.35. The van der Waals surface area contributed by atoms with Crippen molar-refractivity contribution in [3.8, 4) is 0 Å². The molecule has 0 aliphatic rings. The summed E-state index contributed by atoms with van der Waals surface area (Å²) in [6.45, 7) is 6.92. The van der Waals surface area contributed by atoms with Crippen molar-refractivity contribution in [2.24, 2.45) is 0 Å². The van der Waals surface area contributed by atoms with Crippen LogP contribution in [0.5, 0.6) is 0 Å². The molecule has 0 amide bonds. The molecule has 0 aliphatic carbocycles. The van der Waals surface area contributed by atoms with Crippen molar-refractivity contribution in [2.75, 3.05) is 6.54 Å². The Bertz CT molecular complexity index is 346. The monoisotopic (exact) mass is 245 g/mol. The minimum absolute atomic E-state index is 0.0336. The van der Waals surface area contributed by atoms with Crippen molar-refractivity contribution in [1.29, 1.82) is 0 Å². The second-order valence-corrected chi connectivity index (χ2v) is 5.12. The third-order valence-electron chi connectivity index (χ3n) is 2.35. The van der Waals surface area contributed by atoms with E-state index in [0.717, 1.165) is 30.7 Å². The second-order valence-electron chi connectivity index (χ2n) is 5.12. The molecule has 1 nitrogen and oxygen atoms in total. The van der Waals surface area contributed by atoms with Gasteiger partial charge >= 0.3 is 6.18 Å². The summed E-state index contributed by atoms with van der Waals surface area (Å²) in [6.07, 6.45) is -3.52. The maximum atomic E-state index is 12.3. The molecule has 0 unspecified atom stereocenters. The van der Waals surface area contributed by atoms with Gasteiger partial charge in [0.1, 0.15) is 0 Å². The molecule has 0 bridgehead atoms. The van der Waals surface area contributed by atoms with Gasteiger partial charge < -0.3 is 5.32 Å². The molecule has 0 fully saturated rings. The number of halogens is 3. The molecule has 0 aromatic heterocycles. The molecule has 0 spiro atoms. The molecule has 0 saturated carbocycles. The molecule has 1 aromatic carbocycles. The summed E-state index contributed by atoms with van der Waals surface area (Å²) in [4.78, 5) is 0. The van der Waals surface area contributed by atoms with Crippen LogP contribution in [-0.2, 0) is 12.6 Å². The van der Waals surface area contributed by atoms with Gasteiger partial charge in [-0.15, -0.1) is 0 Å². The van der Waals surface area contributed by atoms with E-state index in [1.807, 2.05) is 0 Å². The van der Waals surface area contributed by atoms with Gasteiger partial charge in [0.15, 0.2) is 0 Å². The van der Waals surface area contributed by atoms with Crippen molar-refractivity contribution < 1.29 is 13.2 Å². The Morgan fingerprint density at radius 3 is 1.94 bits per heavy atom. The second kappa shape index (κ2) is 5.08. The SMILES string of the molecule is CC(C)(C)NCCc1ccc(C(F)(F)F)cc1. The molecule has 0 atom stereocenters. The van der Waals surface area contributed by atoms with Crippen LogP contribution in [0.4, 0.5) is 13.2 Å². The van der Waals surface area contributed by atoms with E-state index in [9.17, 15) is 13.2 Å². The summed E-state index contributed by atoms with van der Waals surface area (Å²) in [6, 6.07) is 5.33. The van der Waals surface area contributed by atoms with Crippen LogP contribution in [-0.4, -0.2) is 12.1 Å². The van der Waals surface area contributed by atoms with Crippen molar-refractivity contribution in [2.45, 2.75) is 38.9 Å². The lowest BCUT2D eigenvalue weighted by atomic mass is 10.1. The van der Waals surface area contributed by atoms with Gasteiger partial charge in [-0.05, 0) is 51.4 Å². The van der Waals surface area contributed by atoms with E-state index in [1.165, 1.54) is 12.1 Å². The fourth-order valence-corrected chi connectivity index (χ4v) is 1.44. The van der Waals surface area contributed by atoms with Gasteiger partial charge in [0.2, 0.25) is 0 Å². The first kappa shape index (κ1) is 14.0. The summed E-state index contributed by atoms with van der Waals surface area (Å²) in [7, 11) is 0. The van der Waals surface area contributed by atoms with Gasteiger partial charge in [0, 0.05) is 5.54 Å². The number of hydrogen-bond donors (Lipinski definition) is 1. The minimum atomic E-state index is -4.25. The number of hydrogen-bond acceptors (Lipinski definition) is 1. The Morgan fingerprint density at radius 2 is 1.53 bits per heavy atom. The third kappa shape index (κ3) is 5.22. The number of rotatable bonds is 3. The van der Waals surface area contributed by atoms with E-state index in [0.29, 0.717) is 0 Å². The zero-order valence-electron chi connectivity index (χ0n) is 10.4. The molecule has 96 valence electrons. The molecule has 1 aromatic rings. The topological polar surface area (TPSA) is 12.0 Å². The first-order valence-electron chi connectivity index (χ1n) is 5.60. The maximum absolute atomic E-state index is 12.3. The van der Waals surface area contributed by atoms with Crippen LogP contribution in [0.2, 0.25) is 0 Å². The first-order valence-corrected chi connectivity index (χ1v) is 5.60. The predicted octanol–water partition coefficient (Wildman–Crippen LogP) is 3.64. The Labute approximate surface area is 100 Å². The van der Waals surface area contributed by atoms with E-state index in [-0.39, 0.29) is 5.54 Å². The number of alkyl halides is 3. The van der Waals surface area contributed by atoms with Crippen LogP contribution in [0, 0.1) is 0 Å². The van der Waals surface area contributed by atoms with E-state index in [1.54, 1.807) is 0 Å². The maximum Gasteiger partial charge on any atom is 0.416 e. The molecule has 17 heavy (non-hydrogen) atoms. The molecule has 4 heteroatoms. The molecule has 0 radical (unpaired) electrons. The molecule has 1 rings (SSSR count). The summed E-state index contributed by atoms with van der Waals surface area (Å²) < 4.78 is 36.9. The lowest BCUT2D eigenvalue weighted by Crippen LogP contribution is -2.37. The lowest BCUT2D eigenvalue weighted by molar-refractivity contribution is -0.137. The zero-order valence-corrected chi connectivity index (χ0v) is 10.4. The minimum Gasteiger partial charge on any atom is -0.312 e.